The zero-order valence-corrected chi connectivity index (χ0v) is 21.2. The van der Waals surface area contributed by atoms with E-state index in [1.165, 1.54) is 12.1 Å². The van der Waals surface area contributed by atoms with Gasteiger partial charge in [0.2, 0.25) is 0 Å². The fourth-order valence-electron chi connectivity index (χ4n) is 4.71. The summed E-state index contributed by atoms with van der Waals surface area (Å²) in [5.74, 6) is 1.24. The Bertz CT molecular complexity index is 1450. The third-order valence-electron chi connectivity index (χ3n) is 6.57. The predicted molar refractivity (Wildman–Crippen MR) is 141 cm³/mol. The van der Waals surface area contributed by atoms with Crippen LogP contribution in [0.4, 0.5) is 10.1 Å². The normalized spacial score (nSPS) is 16.3. The first-order chi connectivity index (χ1) is 17.4. The van der Waals surface area contributed by atoms with Gasteiger partial charge in [0.05, 0.1) is 11.3 Å². The smallest absolute Gasteiger partial charge is 0.255 e. The molecule has 0 saturated heterocycles. The first-order valence-corrected chi connectivity index (χ1v) is 13.3. The summed E-state index contributed by atoms with van der Waals surface area (Å²) < 4.78 is 39.6. The number of fused-ring (bicyclic) bond motifs is 2. The molecule has 36 heavy (non-hydrogen) atoms. The average molecular weight is 507 g/mol. The molecular formula is C28H27FN2O4S. The molecule has 1 aliphatic heterocycles. The van der Waals surface area contributed by atoms with Gasteiger partial charge < -0.3 is 14.5 Å². The number of ether oxygens (including phenoxy) is 1. The summed E-state index contributed by atoms with van der Waals surface area (Å²) in [6.07, 6.45) is 3.60. The monoisotopic (exact) mass is 506 g/mol. The summed E-state index contributed by atoms with van der Waals surface area (Å²) in [5.41, 5.74) is 3.70. The van der Waals surface area contributed by atoms with Crippen LogP contribution in [0.2, 0.25) is 0 Å². The van der Waals surface area contributed by atoms with Crippen LogP contribution in [0.25, 0.3) is 22.3 Å². The fourth-order valence-corrected chi connectivity index (χ4v) is 5.53. The topological polar surface area (TPSA) is 71.8 Å². The summed E-state index contributed by atoms with van der Waals surface area (Å²) in [6.45, 7) is 2.87. The van der Waals surface area contributed by atoms with Gasteiger partial charge in [-0.25, -0.2) is 8.60 Å². The molecule has 0 fully saturated rings. The summed E-state index contributed by atoms with van der Waals surface area (Å²) in [6, 6.07) is 16.9. The van der Waals surface area contributed by atoms with Gasteiger partial charge in [-0.1, -0.05) is 6.92 Å². The number of furan rings is 1. The van der Waals surface area contributed by atoms with Crippen molar-refractivity contribution >= 4 is 33.5 Å². The van der Waals surface area contributed by atoms with E-state index < -0.39 is 11.0 Å². The average Bonchev–Trinajstić information content (AvgIpc) is 3.16. The highest BCUT2D eigenvalue weighted by Gasteiger charge is 2.28. The SMILES string of the molecule is CNC(=O)c1c(-c2ccc(Oc3ccc(F)cc3)cc2)oc2cc3c(cc12)C(C)CCCN3S(C)=O. The molecule has 0 bridgehead atoms. The summed E-state index contributed by atoms with van der Waals surface area (Å²) in [4.78, 5) is 13.0. The van der Waals surface area contributed by atoms with Crippen molar-refractivity contribution in [1.29, 1.82) is 0 Å². The van der Waals surface area contributed by atoms with Crippen LogP contribution < -0.4 is 14.4 Å². The molecule has 0 saturated carbocycles. The van der Waals surface area contributed by atoms with E-state index in [0.29, 0.717) is 35.0 Å². The fraction of sp³-hybridized carbons (Fsp3) is 0.250. The van der Waals surface area contributed by atoms with Gasteiger partial charge in [-0.3, -0.25) is 9.10 Å². The minimum Gasteiger partial charge on any atom is -0.457 e. The second-order valence-corrected chi connectivity index (χ2v) is 10.2. The van der Waals surface area contributed by atoms with E-state index >= 15 is 0 Å². The molecule has 186 valence electrons. The van der Waals surface area contributed by atoms with E-state index in [2.05, 4.69) is 12.2 Å². The molecule has 1 amide bonds. The Labute approximate surface area is 211 Å². The van der Waals surface area contributed by atoms with Gasteiger partial charge in [0.1, 0.15) is 39.6 Å². The number of amides is 1. The number of anilines is 1. The van der Waals surface area contributed by atoms with Crippen molar-refractivity contribution in [1.82, 2.24) is 5.32 Å². The van der Waals surface area contributed by atoms with Crippen molar-refractivity contribution < 1.29 is 22.5 Å². The lowest BCUT2D eigenvalue weighted by Crippen LogP contribution is -2.25. The van der Waals surface area contributed by atoms with E-state index in [9.17, 15) is 13.4 Å². The van der Waals surface area contributed by atoms with Crippen LogP contribution in [0, 0.1) is 5.82 Å². The molecule has 1 N–H and O–H groups in total. The van der Waals surface area contributed by atoms with Crippen molar-refractivity contribution in [2.24, 2.45) is 0 Å². The third kappa shape index (κ3) is 4.48. The zero-order chi connectivity index (χ0) is 25.4. The molecule has 3 aromatic carbocycles. The van der Waals surface area contributed by atoms with E-state index in [0.717, 1.165) is 35.0 Å². The lowest BCUT2D eigenvalue weighted by atomic mass is 9.93. The molecule has 2 atom stereocenters. The molecule has 4 aromatic rings. The molecule has 5 rings (SSSR count). The van der Waals surface area contributed by atoms with Gasteiger partial charge in [0.25, 0.3) is 5.91 Å². The lowest BCUT2D eigenvalue weighted by Gasteiger charge is -2.22. The van der Waals surface area contributed by atoms with E-state index in [-0.39, 0.29) is 17.6 Å². The molecule has 0 radical (unpaired) electrons. The minimum absolute atomic E-state index is 0.243. The number of nitrogens with one attached hydrogen (secondary N) is 1. The van der Waals surface area contributed by atoms with Gasteiger partial charge in [0, 0.05) is 36.9 Å². The maximum absolute atomic E-state index is 13.2. The first-order valence-electron chi connectivity index (χ1n) is 11.8. The summed E-state index contributed by atoms with van der Waals surface area (Å²) in [7, 11) is 0.425. The number of nitrogens with zero attached hydrogens (tertiary/aromatic N) is 1. The Balaban J connectivity index is 1.59. The number of hydrogen-bond acceptors (Lipinski definition) is 4. The predicted octanol–water partition coefficient (Wildman–Crippen LogP) is 6.39. The van der Waals surface area contributed by atoms with Crippen molar-refractivity contribution in [3.8, 4) is 22.8 Å². The van der Waals surface area contributed by atoms with Gasteiger partial charge in [-0.2, -0.15) is 0 Å². The van der Waals surface area contributed by atoms with Crippen molar-refractivity contribution in [2.75, 3.05) is 24.2 Å². The van der Waals surface area contributed by atoms with Gasteiger partial charge in [0.15, 0.2) is 0 Å². The number of rotatable bonds is 5. The molecule has 6 nitrogen and oxygen atoms in total. The summed E-state index contributed by atoms with van der Waals surface area (Å²) in [5, 5.41) is 3.46. The maximum atomic E-state index is 13.2. The number of hydrogen-bond donors (Lipinski definition) is 1. The number of benzene rings is 3. The highest BCUT2D eigenvalue weighted by Crippen LogP contribution is 2.42. The second kappa shape index (κ2) is 9.78. The van der Waals surface area contributed by atoms with Gasteiger partial charge in [-0.05, 0) is 78.9 Å². The Morgan fingerprint density at radius 3 is 2.42 bits per heavy atom. The highest BCUT2D eigenvalue weighted by atomic mass is 32.2. The van der Waals surface area contributed by atoms with Gasteiger partial charge >= 0.3 is 0 Å². The van der Waals surface area contributed by atoms with Crippen LogP contribution in [0.1, 0.15) is 41.6 Å². The van der Waals surface area contributed by atoms with Crippen LogP contribution in [-0.4, -0.2) is 30.0 Å². The molecular weight excluding hydrogens is 479 g/mol. The molecule has 2 unspecified atom stereocenters. The zero-order valence-electron chi connectivity index (χ0n) is 20.3. The van der Waals surface area contributed by atoms with Crippen LogP contribution in [0.5, 0.6) is 11.5 Å². The minimum atomic E-state index is -1.17. The van der Waals surface area contributed by atoms with E-state index in [1.54, 1.807) is 37.6 Å². The van der Waals surface area contributed by atoms with Crippen molar-refractivity contribution in [3.05, 3.63) is 77.6 Å². The van der Waals surface area contributed by atoms with Crippen LogP contribution >= 0.6 is 0 Å². The van der Waals surface area contributed by atoms with Crippen LogP contribution in [-0.2, 0) is 11.0 Å². The standard InChI is InChI=1S/C28H27FN2O4S/c1-17-5-4-14-31(36(3)33)24-16-25-23(15-22(17)24)26(28(32)30-2)27(35-25)18-6-10-20(11-7-18)34-21-12-8-19(29)9-13-21/h6-13,15-17H,4-5,14H2,1-3H3,(H,30,32). The largest absolute Gasteiger partial charge is 0.457 e. The van der Waals surface area contributed by atoms with E-state index in [4.69, 9.17) is 9.15 Å². The molecule has 1 aromatic heterocycles. The molecule has 0 aliphatic carbocycles. The highest BCUT2D eigenvalue weighted by molar-refractivity contribution is 7.85. The van der Waals surface area contributed by atoms with Gasteiger partial charge in [-0.15, -0.1) is 0 Å². The Morgan fingerprint density at radius 2 is 1.78 bits per heavy atom. The van der Waals surface area contributed by atoms with Crippen molar-refractivity contribution in [3.63, 3.8) is 0 Å². The third-order valence-corrected chi connectivity index (χ3v) is 7.57. The Hall–Kier alpha value is -3.65. The molecule has 1 aliphatic rings. The maximum Gasteiger partial charge on any atom is 0.255 e. The van der Waals surface area contributed by atoms with Crippen LogP contribution in [0.15, 0.2) is 65.1 Å². The van der Waals surface area contributed by atoms with Crippen LogP contribution in [0.3, 0.4) is 0 Å². The Morgan fingerprint density at radius 1 is 1.11 bits per heavy atom. The summed E-state index contributed by atoms with van der Waals surface area (Å²) >= 11 is 0. The number of carbonyl (C=O) groups excluding carboxylic acids is 1. The van der Waals surface area contributed by atoms with E-state index in [1.807, 2.05) is 28.6 Å². The second-order valence-electron chi connectivity index (χ2n) is 8.94. The number of carbonyl (C=O) groups is 1. The molecule has 0 spiro atoms. The molecule has 8 heteroatoms. The number of halogens is 1. The van der Waals surface area contributed by atoms with Crippen molar-refractivity contribution in [2.45, 2.75) is 25.7 Å². The quantitative estimate of drug-likeness (QED) is 0.341. The molecule has 2 heterocycles. The first kappa shape index (κ1) is 24.1. The Kier molecular flexibility index (Phi) is 6.53. The lowest BCUT2D eigenvalue weighted by molar-refractivity contribution is 0.0964.